The second-order valence-electron chi connectivity index (χ2n) is 6.86. The number of carbonyl (C=O) groups is 1. The van der Waals surface area contributed by atoms with Crippen LogP contribution in [0.2, 0.25) is 0 Å². The average molecular weight is 397 g/mol. The van der Waals surface area contributed by atoms with Gasteiger partial charge in [0.1, 0.15) is 10.7 Å². The minimum Gasteiger partial charge on any atom is -0.334 e. The highest BCUT2D eigenvalue weighted by Crippen LogP contribution is 2.33. The van der Waals surface area contributed by atoms with Gasteiger partial charge < -0.3 is 4.90 Å². The number of sulfonamides is 1. The Balaban J connectivity index is 1.93. The molecule has 1 amide bonds. The van der Waals surface area contributed by atoms with Gasteiger partial charge in [-0.1, -0.05) is 0 Å². The molecule has 0 spiro atoms. The Morgan fingerprint density at radius 3 is 2.69 bits per heavy atom. The summed E-state index contributed by atoms with van der Waals surface area (Å²) in [5, 5.41) is 0.951. The molecule has 3 rings (SSSR count). The molecule has 0 unspecified atom stereocenters. The van der Waals surface area contributed by atoms with E-state index < -0.39 is 10.0 Å². The van der Waals surface area contributed by atoms with Crippen LogP contribution in [0.3, 0.4) is 0 Å². The van der Waals surface area contributed by atoms with E-state index in [0.717, 1.165) is 47.0 Å². The highest BCUT2D eigenvalue weighted by Gasteiger charge is 2.30. The summed E-state index contributed by atoms with van der Waals surface area (Å²) in [7, 11) is -3.28. The molecule has 0 bridgehead atoms. The summed E-state index contributed by atoms with van der Waals surface area (Å²) in [6, 6.07) is -0.121. The van der Waals surface area contributed by atoms with E-state index in [1.807, 2.05) is 25.7 Å². The third kappa shape index (κ3) is 3.89. The zero-order valence-corrected chi connectivity index (χ0v) is 17.1. The number of thiophene rings is 1. The minimum atomic E-state index is -3.28. The van der Waals surface area contributed by atoms with Gasteiger partial charge in [-0.25, -0.2) is 23.1 Å². The molecule has 1 aliphatic heterocycles. The van der Waals surface area contributed by atoms with Crippen LogP contribution in [0, 0.1) is 20.8 Å². The Kier molecular flexibility index (Phi) is 5.32. The van der Waals surface area contributed by atoms with E-state index in [9.17, 15) is 13.2 Å². The molecule has 9 heteroatoms. The van der Waals surface area contributed by atoms with Gasteiger partial charge in [-0.15, -0.1) is 11.3 Å². The summed E-state index contributed by atoms with van der Waals surface area (Å²) >= 11 is 1.40. The zero-order chi connectivity index (χ0) is 19.1. The van der Waals surface area contributed by atoms with Crippen LogP contribution in [0.5, 0.6) is 0 Å². The third-order valence-corrected chi connectivity index (χ3v) is 6.61. The summed E-state index contributed by atoms with van der Waals surface area (Å²) in [6.45, 7) is 6.62. The van der Waals surface area contributed by atoms with Crippen LogP contribution in [-0.2, 0) is 10.0 Å². The predicted molar refractivity (Wildman–Crippen MR) is 103 cm³/mol. The molecule has 0 radical (unpaired) electrons. The van der Waals surface area contributed by atoms with Crippen LogP contribution in [0.1, 0.15) is 46.0 Å². The number of piperidine rings is 1. The molecule has 1 fully saturated rings. The number of likely N-dealkylation sites (tertiary alicyclic amines) is 1. The number of aromatic nitrogens is 2. The lowest BCUT2D eigenvalue weighted by molar-refractivity contribution is 0.0623. The van der Waals surface area contributed by atoms with Crippen molar-refractivity contribution in [1.82, 2.24) is 19.6 Å². The second kappa shape index (κ2) is 7.21. The molecule has 0 saturated carbocycles. The van der Waals surface area contributed by atoms with Crippen molar-refractivity contribution in [2.24, 2.45) is 0 Å². The largest absolute Gasteiger partial charge is 0.334 e. The molecular weight excluding hydrogens is 372 g/mol. The van der Waals surface area contributed by atoms with Crippen molar-refractivity contribution in [2.45, 2.75) is 46.1 Å². The van der Waals surface area contributed by atoms with E-state index in [1.54, 1.807) is 0 Å². The monoisotopic (exact) mass is 396 g/mol. The molecule has 0 aliphatic carbocycles. The standard InChI is InChI=1S/C17H24N4O3S2/c1-10-14-11(2)19-12(3)20-16(14)25-15(10)17(22)21-8-6-5-7-13(21)9-18-26(4,23)24/h13,18H,5-9H2,1-4H3/t13-/m0/s1. The molecule has 1 saturated heterocycles. The smallest absolute Gasteiger partial charge is 0.264 e. The van der Waals surface area contributed by atoms with Crippen molar-refractivity contribution >= 4 is 37.5 Å². The van der Waals surface area contributed by atoms with Crippen molar-refractivity contribution in [3.8, 4) is 0 Å². The molecule has 2 aromatic heterocycles. The SMILES string of the molecule is Cc1nc(C)c2c(C)c(C(=O)N3CCCC[C@H]3CNS(C)(=O)=O)sc2n1. The molecule has 0 aromatic carbocycles. The quantitative estimate of drug-likeness (QED) is 0.855. The number of aryl methyl sites for hydroxylation is 3. The average Bonchev–Trinajstić information content (AvgIpc) is 2.88. The van der Waals surface area contributed by atoms with E-state index in [0.29, 0.717) is 17.2 Å². The van der Waals surface area contributed by atoms with Gasteiger partial charge >= 0.3 is 0 Å². The fourth-order valence-electron chi connectivity index (χ4n) is 3.54. The molecule has 1 atom stereocenters. The maximum atomic E-state index is 13.2. The highest BCUT2D eigenvalue weighted by atomic mass is 32.2. The number of fused-ring (bicyclic) bond motifs is 1. The van der Waals surface area contributed by atoms with Gasteiger partial charge in [0.05, 0.1) is 11.1 Å². The van der Waals surface area contributed by atoms with Gasteiger partial charge in [-0.2, -0.15) is 0 Å². The predicted octanol–water partition coefficient (Wildman–Crippen LogP) is 2.16. The van der Waals surface area contributed by atoms with E-state index >= 15 is 0 Å². The first-order valence-electron chi connectivity index (χ1n) is 8.67. The van der Waals surface area contributed by atoms with Gasteiger partial charge in [0.25, 0.3) is 5.91 Å². The van der Waals surface area contributed by atoms with Crippen LogP contribution in [0.25, 0.3) is 10.2 Å². The van der Waals surface area contributed by atoms with Gasteiger partial charge in [-0.05, 0) is 45.6 Å². The van der Waals surface area contributed by atoms with Gasteiger partial charge in [-0.3, -0.25) is 4.79 Å². The number of nitrogens with one attached hydrogen (secondary N) is 1. The Labute approximate surface area is 157 Å². The van der Waals surface area contributed by atoms with Crippen molar-refractivity contribution in [3.05, 3.63) is 22.0 Å². The number of hydrogen-bond donors (Lipinski definition) is 1. The van der Waals surface area contributed by atoms with E-state index in [4.69, 9.17) is 0 Å². The normalized spacial score (nSPS) is 18.5. The molecule has 142 valence electrons. The summed E-state index contributed by atoms with van der Waals surface area (Å²) in [5.41, 5.74) is 1.79. The Hall–Kier alpha value is -1.58. The fraction of sp³-hybridized carbons (Fsp3) is 0.588. The highest BCUT2D eigenvalue weighted by molar-refractivity contribution is 7.88. The van der Waals surface area contributed by atoms with Crippen molar-refractivity contribution in [3.63, 3.8) is 0 Å². The lowest BCUT2D eigenvalue weighted by atomic mass is 10.0. The fourth-order valence-corrected chi connectivity index (χ4v) is 5.26. The molecule has 2 aromatic rings. The van der Waals surface area contributed by atoms with Gasteiger partial charge in [0, 0.05) is 30.2 Å². The lowest BCUT2D eigenvalue weighted by Gasteiger charge is -2.35. The van der Waals surface area contributed by atoms with Crippen LogP contribution in [0.15, 0.2) is 0 Å². The Morgan fingerprint density at radius 1 is 1.27 bits per heavy atom. The van der Waals surface area contributed by atoms with E-state index in [1.165, 1.54) is 11.3 Å². The van der Waals surface area contributed by atoms with Gasteiger partial charge in [0.15, 0.2) is 0 Å². The number of hydrogen-bond acceptors (Lipinski definition) is 6. The van der Waals surface area contributed by atoms with Crippen molar-refractivity contribution in [1.29, 1.82) is 0 Å². The molecule has 1 N–H and O–H groups in total. The maximum Gasteiger partial charge on any atom is 0.264 e. The molecule has 26 heavy (non-hydrogen) atoms. The molecular formula is C17H24N4O3S2. The van der Waals surface area contributed by atoms with E-state index in [-0.39, 0.29) is 18.5 Å². The molecule has 3 heterocycles. The first-order valence-corrected chi connectivity index (χ1v) is 11.4. The van der Waals surface area contributed by atoms with Crippen LogP contribution in [0.4, 0.5) is 0 Å². The van der Waals surface area contributed by atoms with E-state index in [2.05, 4.69) is 14.7 Å². The first-order chi connectivity index (χ1) is 12.2. The number of carbonyl (C=O) groups excluding carboxylic acids is 1. The summed E-state index contributed by atoms with van der Waals surface area (Å²) in [5.74, 6) is 0.658. The zero-order valence-electron chi connectivity index (χ0n) is 15.5. The van der Waals surface area contributed by atoms with Crippen molar-refractivity contribution < 1.29 is 13.2 Å². The Bertz CT molecular complexity index is 953. The molecule has 1 aliphatic rings. The van der Waals surface area contributed by atoms with Gasteiger partial charge in [0.2, 0.25) is 10.0 Å². The molecule has 7 nitrogen and oxygen atoms in total. The van der Waals surface area contributed by atoms with Crippen LogP contribution >= 0.6 is 11.3 Å². The Morgan fingerprint density at radius 2 is 2.00 bits per heavy atom. The summed E-state index contributed by atoms with van der Waals surface area (Å²) < 4.78 is 25.4. The van der Waals surface area contributed by atoms with Crippen LogP contribution < -0.4 is 4.72 Å². The number of amides is 1. The summed E-state index contributed by atoms with van der Waals surface area (Å²) in [6.07, 6.45) is 3.87. The first kappa shape index (κ1) is 19.2. The topological polar surface area (TPSA) is 92.3 Å². The number of rotatable bonds is 4. The lowest BCUT2D eigenvalue weighted by Crippen LogP contribution is -2.49. The number of nitrogens with zero attached hydrogens (tertiary/aromatic N) is 3. The van der Waals surface area contributed by atoms with Crippen molar-refractivity contribution in [2.75, 3.05) is 19.3 Å². The maximum absolute atomic E-state index is 13.2. The second-order valence-corrected chi connectivity index (χ2v) is 9.69. The summed E-state index contributed by atoms with van der Waals surface area (Å²) in [4.78, 5) is 25.4. The van der Waals surface area contributed by atoms with Crippen LogP contribution in [-0.4, -0.2) is 54.6 Å². The minimum absolute atomic E-state index is 0.0393. The third-order valence-electron chi connectivity index (χ3n) is 4.75.